The number of nitrogens with two attached hydrogens (primary N) is 1. The summed E-state index contributed by atoms with van der Waals surface area (Å²) in [6.07, 6.45) is 0. The second-order valence-corrected chi connectivity index (χ2v) is 3.51. The van der Waals surface area contributed by atoms with Crippen LogP contribution in [0.3, 0.4) is 0 Å². The van der Waals surface area contributed by atoms with Crippen molar-refractivity contribution >= 4 is 11.9 Å². The van der Waals surface area contributed by atoms with E-state index < -0.39 is 18.1 Å². The third-order valence-electron chi connectivity index (χ3n) is 2.49. The Hall–Kier alpha value is -1.10. The van der Waals surface area contributed by atoms with Gasteiger partial charge in [0.15, 0.2) is 0 Å². The fourth-order valence-electron chi connectivity index (χ4n) is 1.43. The summed E-state index contributed by atoms with van der Waals surface area (Å²) in [5.74, 6) is -1.22. The number of carboxylic acid groups (broad SMARTS) is 1. The number of carboxylic acids is 1. The lowest BCUT2D eigenvalue weighted by atomic mass is 10.1. The summed E-state index contributed by atoms with van der Waals surface area (Å²) in [7, 11) is 0. The van der Waals surface area contributed by atoms with Crippen LogP contribution >= 0.6 is 0 Å². The first-order valence-electron chi connectivity index (χ1n) is 4.24. The molecule has 74 valence electrons. The van der Waals surface area contributed by atoms with Gasteiger partial charge in [-0.2, -0.15) is 0 Å². The Labute approximate surface area is 76.5 Å². The molecule has 1 saturated heterocycles. The topological polar surface area (TPSA) is 83.6 Å². The minimum absolute atomic E-state index is 0.0364. The molecule has 0 bridgehead atoms. The number of hydrogen-bond acceptors (Lipinski definition) is 3. The van der Waals surface area contributed by atoms with Gasteiger partial charge in [-0.05, 0) is 12.8 Å². The maximum Gasteiger partial charge on any atom is 0.326 e. The van der Waals surface area contributed by atoms with Crippen molar-refractivity contribution in [2.75, 3.05) is 6.54 Å². The second-order valence-electron chi connectivity index (χ2n) is 3.51. The van der Waals surface area contributed by atoms with Gasteiger partial charge in [0, 0.05) is 6.54 Å². The van der Waals surface area contributed by atoms with Crippen molar-refractivity contribution in [3.05, 3.63) is 0 Å². The molecule has 1 fully saturated rings. The molecule has 0 aromatic rings. The SMILES string of the molecule is CC(C(=O)O)N1C[C@H](C)[C@H](N)C1=O. The summed E-state index contributed by atoms with van der Waals surface area (Å²) < 4.78 is 0. The van der Waals surface area contributed by atoms with Crippen LogP contribution in [0.2, 0.25) is 0 Å². The lowest BCUT2D eigenvalue weighted by Gasteiger charge is -2.20. The van der Waals surface area contributed by atoms with Crippen molar-refractivity contribution in [1.29, 1.82) is 0 Å². The molecule has 1 aliphatic heterocycles. The predicted molar refractivity (Wildman–Crippen MR) is 46.0 cm³/mol. The molecule has 5 heteroatoms. The molecular formula is C8H14N2O3. The highest BCUT2D eigenvalue weighted by Crippen LogP contribution is 2.18. The van der Waals surface area contributed by atoms with Crippen molar-refractivity contribution in [2.45, 2.75) is 25.9 Å². The number of carbonyl (C=O) groups excluding carboxylic acids is 1. The number of hydrogen-bond donors (Lipinski definition) is 2. The first kappa shape index (κ1) is 9.98. The zero-order valence-corrected chi connectivity index (χ0v) is 7.73. The van der Waals surface area contributed by atoms with E-state index in [4.69, 9.17) is 10.8 Å². The molecule has 1 aliphatic rings. The minimum Gasteiger partial charge on any atom is -0.480 e. The first-order chi connectivity index (χ1) is 5.95. The molecule has 13 heavy (non-hydrogen) atoms. The number of likely N-dealkylation sites (tertiary alicyclic amines) is 1. The van der Waals surface area contributed by atoms with Crippen molar-refractivity contribution in [1.82, 2.24) is 4.90 Å². The van der Waals surface area contributed by atoms with Gasteiger partial charge < -0.3 is 15.7 Å². The van der Waals surface area contributed by atoms with Crippen LogP contribution in [0.5, 0.6) is 0 Å². The Morgan fingerprint density at radius 1 is 1.77 bits per heavy atom. The highest BCUT2D eigenvalue weighted by atomic mass is 16.4. The van der Waals surface area contributed by atoms with E-state index in [1.54, 1.807) is 0 Å². The van der Waals surface area contributed by atoms with Crippen LogP contribution in [-0.4, -0.2) is 40.5 Å². The highest BCUT2D eigenvalue weighted by molar-refractivity contribution is 5.88. The van der Waals surface area contributed by atoms with Crippen molar-refractivity contribution in [2.24, 2.45) is 11.7 Å². The van der Waals surface area contributed by atoms with Crippen LogP contribution in [0.25, 0.3) is 0 Å². The Balaban J connectivity index is 2.74. The second kappa shape index (κ2) is 3.33. The molecule has 0 aromatic heterocycles. The zero-order valence-electron chi connectivity index (χ0n) is 7.73. The number of aliphatic carboxylic acids is 1. The molecule has 1 unspecified atom stereocenters. The van der Waals surface area contributed by atoms with Crippen LogP contribution in [0.1, 0.15) is 13.8 Å². The van der Waals surface area contributed by atoms with Gasteiger partial charge in [0.1, 0.15) is 6.04 Å². The average Bonchev–Trinajstić information content (AvgIpc) is 2.31. The molecule has 3 N–H and O–H groups in total. The highest BCUT2D eigenvalue weighted by Gasteiger charge is 2.39. The van der Waals surface area contributed by atoms with Gasteiger partial charge in [-0.25, -0.2) is 4.79 Å². The summed E-state index contributed by atoms with van der Waals surface area (Å²) in [6.45, 7) is 3.77. The van der Waals surface area contributed by atoms with Crippen molar-refractivity contribution in [3.8, 4) is 0 Å². The third kappa shape index (κ3) is 1.65. The van der Waals surface area contributed by atoms with Gasteiger partial charge in [0.05, 0.1) is 6.04 Å². The molecular weight excluding hydrogens is 172 g/mol. The van der Waals surface area contributed by atoms with Gasteiger partial charge in [-0.3, -0.25) is 4.79 Å². The molecule has 0 aromatic carbocycles. The van der Waals surface area contributed by atoms with Crippen LogP contribution in [-0.2, 0) is 9.59 Å². The normalized spacial score (nSPS) is 30.7. The quantitative estimate of drug-likeness (QED) is 0.595. The Morgan fingerprint density at radius 3 is 2.62 bits per heavy atom. The molecule has 1 rings (SSSR count). The fourth-order valence-corrected chi connectivity index (χ4v) is 1.43. The van der Waals surface area contributed by atoms with E-state index in [0.29, 0.717) is 6.54 Å². The first-order valence-corrected chi connectivity index (χ1v) is 4.24. The van der Waals surface area contributed by atoms with E-state index in [1.165, 1.54) is 11.8 Å². The fraction of sp³-hybridized carbons (Fsp3) is 0.750. The van der Waals surface area contributed by atoms with Gasteiger partial charge >= 0.3 is 5.97 Å². The van der Waals surface area contributed by atoms with Gasteiger partial charge in [-0.1, -0.05) is 6.92 Å². The standard InChI is InChI=1S/C8H14N2O3/c1-4-3-10(5(2)8(12)13)7(11)6(4)9/h4-6H,3,9H2,1-2H3,(H,12,13)/t4-,5?,6-/m0/s1. The molecule has 0 radical (unpaired) electrons. The molecule has 0 saturated carbocycles. The van der Waals surface area contributed by atoms with Crippen LogP contribution in [0.4, 0.5) is 0 Å². The smallest absolute Gasteiger partial charge is 0.326 e. The molecule has 1 amide bonds. The number of rotatable bonds is 2. The van der Waals surface area contributed by atoms with E-state index in [9.17, 15) is 9.59 Å². The molecule has 0 aliphatic carbocycles. The molecule has 1 heterocycles. The van der Waals surface area contributed by atoms with E-state index in [1.807, 2.05) is 6.92 Å². The molecule has 5 nitrogen and oxygen atoms in total. The maximum absolute atomic E-state index is 11.4. The zero-order chi connectivity index (χ0) is 10.2. The van der Waals surface area contributed by atoms with Gasteiger partial charge in [-0.15, -0.1) is 0 Å². The minimum atomic E-state index is -0.991. The van der Waals surface area contributed by atoms with Crippen LogP contribution < -0.4 is 5.73 Å². The lowest BCUT2D eigenvalue weighted by Crippen LogP contribution is -2.43. The summed E-state index contributed by atoms with van der Waals surface area (Å²) in [5.41, 5.74) is 5.57. The number of nitrogens with zero attached hydrogens (tertiary/aromatic N) is 1. The van der Waals surface area contributed by atoms with Gasteiger partial charge in [0.2, 0.25) is 5.91 Å². The molecule has 3 atom stereocenters. The summed E-state index contributed by atoms with van der Waals surface area (Å²) in [4.78, 5) is 23.3. The third-order valence-corrected chi connectivity index (χ3v) is 2.49. The van der Waals surface area contributed by atoms with Crippen LogP contribution in [0.15, 0.2) is 0 Å². The Morgan fingerprint density at radius 2 is 2.31 bits per heavy atom. The number of amides is 1. The Kier molecular flexibility index (Phi) is 2.56. The largest absolute Gasteiger partial charge is 0.480 e. The van der Waals surface area contributed by atoms with Crippen molar-refractivity contribution in [3.63, 3.8) is 0 Å². The predicted octanol–water partition coefficient (Wildman–Crippen LogP) is -0.735. The summed E-state index contributed by atoms with van der Waals surface area (Å²) >= 11 is 0. The maximum atomic E-state index is 11.4. The monoisotopic (exact) mass is 186 g/mol. The van der Waals surface area contributed by atoms with Gasteiger partial charge in [0.25, 0.3) is 0 Å². The van der Waals surface area contributed by atoms with E-state index in [0.717, 1.165) is 0 Å². The van der Waals surface area contributed by atoms with E-state index in [-0.39, 0.29) is 11.8 Å². The average molecular weight is 186 g/mol. The van der Waals surface area contributed by atoms with Crippen molar-refractivity contribution < 1.29 is 14.7 Å². The number of carbonyl (C=O) groups is 2. The van der Waals surface area contributed by atoms with Crippen LogP contribution in [0, 0.1) is 5.92 Å². The van der Waals surface area contributed by atoms with E-state index in [2.05, 4.69) is 0 Å². The lowest BCUT2D eigenvalue weighted by molar-refractivity contribution is -0.147. The Bertz CT molecular complexity index is 242. The summed E-state index contributed by atoms with van der Waals surface area (Å²) in [6, 6.07) is -1.31. The molecule has 0 spiro atoms. The van der Waals surface area contributed by atoms with E-state index >= 15 is 0 Å². The summed E-state index contributed by atoms with van der Waals surface area (Å²) in [5, 5.41) is 8.70.